The molecule has 3 N–H and O–H groups in total. The van der Waals surface area contributed by atoms with Crippen LogP contribution in [0.2, 0.25) is 0 Å². The fraction of sp³-hybridized carbons (Fsp3) is 0.286. The van der Waals surface area contributed by atoms with Gasteiger partial charge in [-0.1, -0.05) is 18.2 Å². The summed E-state index contributed by atoms with van der Waals surface area (Å²) < 4.78 is 16.8. The van der Waals surface area contributed by atoms with Crippen LogP contribution in [-0.4, -0.2) is 42.5 Å². The van der Waals surface area contributed by atoms with E-state index in [0.717, 1.165) is 5.39 Å². The molecule has 7 nitrogen and oxygen atoms in total. The van der Waals surface area contributed by atoms with Crippen LogP contribution < -0.4 is 10.1 Å². The molecule has 148 valence electrons. The van der Waals surface area contributed by atoms with E-state index in [1.807, 2.05) is 18.2 Å². The number of furan rings is 1. The van der Waals surface area contributed by atoms with Gasteiger partial charge in [-0.2, -0.15) is 0 Å². The molecule has 28 heavy (non-hydrogen) atoms. The van der Waals surface area contributed by atoms with Gasteiger partial charge in [0.1, 0.15) is 23.7 Å². The fourth-order valence-corrected chi connectivity index (χ4v) is 2.72. The summed E-state index contributed by atoms with van der Waals surface area (Å²) in [5, 5.41) is 21.7. The van der Waals surface area contributed by atoms with E-state index < -0.39 is 0 Å². The smallest absolute Gasteiger partial charge is 0.287 e. The zero-order chi connectivity index (χ0) is 19.8. The van der Waals surface area contributed by atoms with E-state index in [1.165, 1.54) is 12.1 Å². The summed E-state index contributed by atoms with van der Waals surface area (Å²) in [5.41, 5.74) is 1.30. The molecule has 1 amide bonds. The Morgan fingerprint density at radius 2 is 1.86 bits per heavy atom. The number of hydrogen-bond acceptors (Lipinski definition) is 6. The second-order valence-electron chi connectivity index (χ2n) is 6.13. The number of ether oxygens (including phenoxy) is 2. The first kappa shape index (κ1) is 19.7. The summed E-state index contributed by atoms with van der Waals surface area (Å²) in [7, 11) is 0. The first-order chi connectivity index (χ1) is 13.7. The van der Waals surface area contributed by atoms with Crippen LogP contribution in [0, 0.1) is 0 Å². The second-order valence-corrected chi connectivity index (χ2v) is 6.13. The molecule has 3 aromatic rings. The van der Waals surface area contributed by atoms with Gasteiger partial charge in [-0.25, -0.2) is 0 Å². The average molecular weight is 385 g/mol. The third kappa shape index (κ3) is 5.03. The zero-order valence-electron chi connectivity index (χ0n) is 15.4. The Bertz CT molecular complexity index is 903. The number of carbonyl (C=O) groups excluding carboxylic acids is 1. The molecule has 0 aliphatic heterocycles. The molecule has 0 saturated carbocycles. The second kappa shape index (κ2) is 9.77. The van der Waals surface area contributed by atoms with Gasteiger partial charge in [0, 0.05) is 24.2 Å². The number of nitrogens with one attached hydrogen (secondary N) is 1. The van der Waals surface area contributed by atoms with Crippen LogP contribution >= 0.6 is 0 Å². The number of benzene rings is 2. The zero-order valence-corrected chi connectivity index (χ0v) is 15.4. The van der Waals surface area contributed by atoms with Gasteiger partial charge in [0.05, 0.1) is 13.2 Å². The molecule has 0 radical (unpaired) electrons. The van der Waals surface area contributed by atoms with Crippen LogP contribution in [0.25, 0.3) is 11.0 Å². The van der Waals surface area contributed by atoms with Gasteiger partial charge < -0.3 is 29.4 Å². The predicted molar refractivity (Wildman–Crippen MR) is 104 cm³/mol. The largest absolute Gasteiger partial charge is 0.508 e. The Hall–Kier alpha value is -3.03. The van der Waals surface area contributed by atoms with Crippen LogP contribution in [0.1, 0.15) is 22.5 Å². The molecular weight excluding hydrogens is 362 g/mol. The normalized spacial score (nSPS) is 10.9. The van der Waals surface area contributed by atoms with Crippen LogP contribution in [0.4, 0.5) is 0 Å². The fourth-order valence-electron chi connectivity index (χ4n) is 2.72. The molecule has 2 aromatic carbocycles. The van der Waals surface area contributed by atoms with Crippen molar-refractivity contribution in [3.8, 4) is 11.5 Å². The number of aliphatic hydroxyl groups is 1. The Labute approximate surface area is 162 Å². The number of phenolic OH excluding ortho intramolecular Hbond substituents is 1. The van der Waals surface area contributed by atoms with E-state index in [4.69, 9.17) is 19.0 Å². The molecule has 0 bridgehead atoms. The number of fused-ring (bicyclic) bond motifs is 1. The van der Waals surface area contributed by atoms with Gasteiger partial charge >= 0.3 is 0 Å². The average Bonchev–Trinajstić information content (AvgIpc) is 3.08. The molecule has 0 aliphatic rings. The number of aliphatic hydroxyl groups excluding tert-OH is 1. The highest BCUT2D eigenvalue weighted by Crippen LogP contribution is 2.26. The summed E-state index contributed by atoms with van der Waals surface area (Å²) in [6, 6.07) is 13.8. The molecule has 1 aromatic heterocycles. The first-order valence-corrected chi connectivity index (χ1v) is 9.08. The number of aromatic hydroxyl groups is 1. The van der Waals surface area contributed by atoms with Gasteiger partial charge in [0.25, 0.3) is 5.91 Å². The maximum atomic E-state index is 12.6. The summed E-state index contributed by atoms with van der Waals surface area (Å²) >= 11 is 0. The Kier molecular flexibility index (Phi) is 6.89. The van der Waals surface area contributed by atoms with E-state index in [2.05, 4.69) is 5.32 Å². The maximum Gasteiger partial charge on any atom is 0.287 e. The number of hydrogen-bond donors (Lipinski definition) is 3. The monoisotopic (exact) mass is 385 g/mol. The number of amides is 1. The molecule has 0 fully saturated rings. The molecule has 0 atom stereocenters. The van der Waals surface area contributed by atoms with E-state index in [9.17, 15) is 9.90 Å². The standard InChI is InChI=1S/C21H23NO6/c23-11-3-12-26-14-18-17-4-1-2-5-19(17)28-20(18)21(25)22-10-13-27-16-8-6-15(24)7-9-16/h1-2,4-9,23-24H,3,10-14H2,(H,22,25). The molecule has 0 spiro atoms. The van der Waals surface area contributed by atoms with E-state index >= 15 is 0 Å². The molecule has 0 unspecified atom stereocenters. The lowest BCUT2D eigenvalue weighted by atomic mass is 10.1. The predicted octanol–water partition coefficient (Wildman–Crippen LogP) is 2.85. The van der Waals surface area contributed by atoms with Crippen LogP contribution in [0.5, 0.6) is 11.5 Å². The number of phenols is 1. The molecule has 3 rings (SSSR count). The molecule has 1 heterocycles. The van der Waals surface area contributed by atoms with Gasteiger partial charge in [0.2, 0.25) is 0 Å². The lowest BCUT2D eigenvalue weighted by Gasteiger charge is -2.08. The van der Waals surface area contributed by atoms with Crippen molar-refractivity contribution in [1.29, 1.82) is 0 Å². The van der Waals surface area contributed by atoms with Crippen molar-refractivity contribution < 1.29 is 28.9 Å². The lowest BCUT2D eigenvalue weighted by Crippen LogP contribution is -2.28. The van der Waals surface area contributed by atoms with E-state index in [-0.39, 0.29) is 37.2 Å². The maximum absolute atomic E-state index is 12.6. The van der Waals surface area contributed by atoms with Crippen molar-refractivity contribution >= 4 is 16.9 Å². The van der Waals surface area contributed by atoms with Gasteiger partial charge in [-0.05, 0) is 36.8 Å². The van der Waals surface area contributed by atoms with Gasteiger partial charge in [-0.3, -0.25) is 4.79 Å². The number of rotatable bonds is 10. The molecule has 0 saturated heterocycles. The van der Waals surface area contributed by atoms with Crippen molar-refractivity contribution in [2.45, 2.75) is 13.0 Å². The molecular formula is C21H23NO6. The minimum absolute atomic E-state index is 0.0561. The van der Waals surface area contributed by atoms with Gasteiger partial charge in [0.15, 0.2) is 5.76 Å². The third-order valence-electron chi connectivity index (χ3n) is 4.09. The Morgan fingerprint density at radius 1 is 1.07 bits per heavy atom. The van der Waals surface area contributed by atoms with E-state index in [1.54, 1.807) is 18.2 Å². The minimum Gasteiger partial charge on any atom is -0.508 e. The van der Waals surface area contributed by atoms with Crippen molar-refractivity contribution in [3.05, 3.63) is 59.9 Å². The Balaban J connectivity index is 1.60. The minimum atomic E-state index is -0.341. The summed E-state index contributed by atoms with van der Waals surface area (Å²) in [6.07, 6.45) is 0.534. The lowest BCUT2D eigenvalue weighted by molar-refractivity contribution is 0.0890. The highest BCUT2D eigenvalue weighted by molar-refractivity contribution is 5.99. The Morgan fingerprint density at radius 3 is 2.64 bits per heavy atom. The summed E-state index contributed by atoms with van der Waals surface area (Å²) in [6.45, 7) is 1.25. The van der Waals surface area contributed by atoms with Crippen molar-refractivity contribution in [3.63, 3.8) is 0 Å². The molecule has 0 aliphatic carbocycles. The van der Waals surface area contributed by atoms with Gasteiger partial charge in [-0.15, -0.1) is 0 Å². The van der Waals surface area contributed by atoms with E-state index in [0.29, 0.717) is 36.5 Å². The van der Waals surface area contributed by atoms with Crippen LogP contribution in [0.3, 0.4) is 0 Å². The highest BCUT2D eigenvalue weighted by Gasteiger charge is 2.20. The quantitative estimate of drug-likeness (QED) is 0.464. The number of carbonyl (C=O) groups is 1. The third-order valence-corrected chi connectivity index (χ3v) is 4.09. The summed E-state index contributed by atoms with van der Waals surface area (Å²) in [4.78, 5) is 12.6. The summed E-state index contributed by atoms with van der Waals surface area (Å²) in [5.74, 6) is 0.647. The number of para-hydroxylation sites is 1. The van der Waals surface area contributed by atoms with Crippen molar-refractivity contribution in [1.82, 2.24) is 5.32 Å². The molecule has 7 heteroatoms. The van der Waals surface area contributed by atoms with Crippen molar-refractivity contribution in [2.24, 2.45) is 0 Å². The van der Waals surface area contributed by atoms with Crippen LogP contribution in [0.15, 0.2) is 52.9 Å². The van der Waals surface area contributed by atoms with Crippen LogP contribution in [-0.2, 0) is 11.3 Å². The SMILES string of the molecule is O=C(NCCOc1ccc(O)cc1)c1oc2ccccc2c1COCCCO. The van der Waals surface area contributed by atoms with Crippen molar-refractivity contribution in [2.75, 3.05) is 26.4 Å². The topological polar surface area (TPSA) is 101 Å². The highest BCUT2D eigenvalue weighted by atomic mass is 16.5. The first-order valence-electron chi connectivity index (χ1n) is 9.08.